The van der Waals surface area contributed by atoms with E-state index in [1.54, 1.807) is 16.8 Å². The van der Waals surface area contributed by atoms with Crippen LogP contribution < -0.4 is 5.32 Å². The standard InChI is InChI=1S/C14H22N4OS/c1-17-6-7-18(10-14(17)2-4-15-5-3-14)13(19)8-12-9-20-11-16-12/h9,11,15H,2-8,10H2,1H3. The number of aromatic nitrogens is 1. The fourth-order valence-electron chi connectivity index (χ4n) is 3.30. The predicted octanol–water partition coefficient (Wildman–Crippen LogP) is 0.582. The van der Waals surface area contributed by atoms with E-state index in [-0.39, 0.29) is 11.4 Å². The van der Waals surface area contributed by atoms with Crippen molar-refractivity contribution in [3.8, 4) is 0 Å². The van der Waals surface area contributed by atoms with Crippen LogP contribution in [0.2, 0.25) is 0 Å². The Kier molecular flexibility index (Phi) is 4.05. The summed E-state index contributed by atoms with van der Waals surface area (Å²) in [6, 6.07) is 0. The third-order valence-electron chi connectivity index (χ3n) is 4.70. The molecule has 1 aromatic rings. The van der Waals surface area contributed by atoms with Crippen molar-refractivity contribution in [1.82, 2.24) is 20.1 Å². The van der Waals surface area contributed by atoms with E-state index < -0.39 is 0 Å². The average molecular weight is 294 g/mol. The highest BCUT2D eigenvalue weighted by molar-refractivity contribution is 7.07. The van der Waals surface area contributed by atoms with Gasteiger partial charge in [-0.2, -0.15) is 0 Å². The summed E-state index contributed by atoms with van der Waals surface area (Å²) in [6.45, 7) is 4.79. The Bertz CT molecular complexity index is 456. The Morgan fingerprint density at radius 3 is 2.95 bits per heavy atom. The molecule has 0 bridgehead atoms. The predicted molar refractivity (Wildman–Crippen MR) is 79.9 cm³/mol. The smallest absolute Gasteiger partial charge is 0.228 e. The zero-order valence-corrected chi connectivity index (χ0v) is 12.8. The van der Waals surface area contributed by atoms with Crippen molar-refractivity contribution in [3.63, 3.8) is 0 Å². The first-order chi connectivity index (χ1) is 9.70. The molecule has 3 heterocycles. The van der Waals surface area contributed by atoms with E-state index in [2.05, 4.69) is 22.2 Å². The lowest BCUT2D eigenvalue weighted by Gasteiger charge is -2.51. The topological polar surface area (TPSA) is 48.5 Å². The molecule has 0 radical (unpaired) electrons. The van der Waals surface area contributed by atoms with Crippen molar-refractivity contribution < 1.29 is 4.79 Å². The first-order valence-electron chi connectivity index (χ1n) is 7.26. The first-order valence-corrected chi connectivity index (χ1v) is 8.21. The summed E-state index contributed by atoms with van der Waals surface area (Å²) < 4.78 is 0. The van der Waals surface area contributed by atoms with Crippen molar-refractivity contribution in [1.29, 1.82) is 0 Å². The summed E-state index contributed by atoms with van der Waals surface area (Å²) in [5.74, 6) is 0.224. The molecule has 1 aromatic heterocycles. The van der Waals surface area contributed by atoms with Crippen molar-refractivity contribution in [2.24, 2.45) is 0 Å². The van der Waals surface area contributed by atoms with E-state index in [4.69, 9.17) is 0 Å². The van der Waals surface area contributed by atoms with Gasteiger partial charge in [0.1, 0.15) is 0 Å². The molecule has 20 heavy (non-hydrogen) atoms. The SMILES string of the molecule is CN1CCN(C(=O)Cc2cscn2)CC12CCNCC2. The molecule has 0 atom stereocenters. The van der Waals surface area contributed by atoms with E-state index in [9.17, 15) is 4.79 Å². The van der Waals surface area contributed by atoms with E-state index in [0.29, 0.717) is 6.42 Å². The van der Waals surface area contributed by atoms with Crippen LogP contribution in [-0.4, -0.2) is 66.0 Å². The molecule has 1 amide bonds. The molecule has 0 aromatic carbocycles. The summed E-state index contributed by atoms with van der Waals surface area (Å²) in [6.07, 6.45) is 2.70. The van der Waals surface area contributed by atoms with Gasteiger partial charge in [-0.1, -0.05) is 0 Å². The van der Waals surface area contributed by atoms with Crippen LogP contribution in [0, 0.1) is 0 Å². The van der Waals surface area contributed by atoms with Gasteiger partial charge in [-0.05, 0) is 33.0 Å². The number of carbonyl (C=O) groups is 1. The number of hydrogen-bond donors (Lipinski definition) is 1. The Morgan fingerprint density at radius 2 is 2.25 bits per heavy atom. The molecule has 5 nitrogen and oxygen atoms in total. The van der Waals surface area contributed by atoms with Crippen molar-refractivity contribution in [2.75, 3.05) is 39.8 Å². The molecule has 1 N–H and O–H groups in total. The molecular weight excluding hydrogens is 272 g/mol. The number of piperazine rings is 1. The summed E-state index contributed by atoms with van der Waals surface area (Å²) in [4.78, 5) is 21.2. The van der Waals surface area contributed by atoms with Crippen LogP contribution in [0.4, 0.5) is 0 Å². The lowest BCUT2D eigenvalue weighted by molar-refractivity contribution is -0.136. The number of piperidine rings is 1. The molecule has 6 heteroatoms. The molecule has 0 saturated carbocycles. The van der Waals surface area contributed by atoms with E-state index >= 15 is 0 Å². The van der Waals surface area contributed by atoms with Crippen LogP contribution >= 0.6 is 11.3 Å². The van der Waals surface area contributed by atoms with Crippen molar-refractivity contribution in [2.45, 2.75) is 24.8 Å². The number of thiazole rings is 1. The number of nitrogens with one attached hydrogen (secondary N) is 1. The van der Waals surface area contributed by atoms with Gasteiger partial charge in [-0.3, -0.25) is 9.69 Å². The minimum atomic E-state index is 0.182. The second kappa shape index (κ2) is 5.79. The van der Waals surface area contributed by atoms with Gasteiger partial charge in [0, 0.05) is 30.6 Å². The Morgan fingerprint density at radius 1 is 1.45 bits per heavy atom. The number of carbonyl (C=O) groups excluding carboxylic acids is 1. The van der Waals surface area contributed by atoms with Crippen LogP contribution in [0.15, 0.2) is 10.9 Å². The zero-order valence-electron chi connectivity index (χ0n) is 12.0. The highest BCUT2D eigenvalue weighted by Crippen LogP contribution is 2.29. The van der Waals surface area contributed by atoms with Crippen LogP contribution in [0.1, 0.15) is 18.5 Å². The largest absolute Gasteiger partial charge is 0.339 e. The van der Waals surface area contributed by atoms with Gasteiger partial charge in [0.25, 0.3) is 0 Å². The van der Waals surface area contributed by atoms with Crippen molar-refractivity contribution >= 4 is 17.2 Å². The third kappa shape index (κ3) is 2.73. The first kappa shape index (κ1) is 14.0. The zero-order chi connectivity index (χ0) is 14.0. The molecule has 0 unspecified atom stereocenters. The number of rotatable bonds is 2. The summed E-state index contributed by atoms with van der Waals surface area (Å²) in [5.41, 5.74) is 2.88. The van der Waals surface area contributed by atoms with Gasteiger partial charge < -0.3 is 10.2 Å². The molecule has 1 spiro atoms. The molecule has 3 rings (SSSR count). The highest BCUT2D eigenvalue weighted by Gasteiger charge is 2.41. The molecular formula is C14H22N4OS. The second-order valence-electron chi connectivity index (χ2n) is 5.87. The summed E-state index contributed by atoms with van der Waals surface area (Å²) >= 11 is 1.55. The maximum absolute atomic E-state index is 12.5. The molecule has 0 aliphatic carbocycles. The van der Waals surface area contributed by atoms with Crippen molar-refractivity contribution in [3.05, 3.63) is 16.6 Å². The number of amides is 1. The molecule has 2 fully saturated rings. The maximum atomic E-state index is 12.5. The number of likely N-dealkylation sites (N-methyl/N-ethyl adjacent to an activating group) is 1. The summed E-state index contributed by atoms with van der Waals surface area (Å²) in [5, 5.41) is 5.39. The fraction of sp³-hybridized carbons (Fsp3) is 0.714. The minimum absolute atomic E-state index is 0.182. The van der Waals surface area contributed by atoms with E-state index in [1.807, 2.05) is 10.3 Å². The minimum Gasteiger partial charge on any atom is -0.339 e. The molecule has 2 aliphatic rings. The Balaban J connectivity index is 1.67. The molecule has 2 saturated heterocycles. The normalized spacial score (nSPS) is 23.1. The van der Waals surface area contributed by atoms with Crippen LogP contribution in [-0.2, 0) is 11.2 Å². The lowest BCUT2D eigenvalue weighted by Crippen LogP contribution is -2.65. The fourth-order valence-corrected chi connectivity index (χ4v) is 3.86. The van der Waals surface area contributed by atoms with Crippen LogP contribution in [0.25, 0.3) is 0 Å². The van der Waals surface area contributed by atoms with Gasteiger partial charge in [-0.25, -0.2) is 4.98 Å². The van der Waals surface area contributed by atoms with Gasteiger partial charge in [-0.15, -0.1) is 11.3 Å². The van der Waals surface area contributed by atoms with Gasteiger partial charge in [0.2, 0.25) is 5.91 Å². The lowest BCUT2D eigenvalue weighted by atomic mass is 9.84. The van der Waals surface area contributed by atoms with Gasteiger partial charge >= 0.3 is 0 Å². The number of nitrogens with zero attached hydrogens (tertiary/aromatic N) is 3. The summed E-state index contributed by atoms with van der Waals surface area (Å²) in [7, 11) is 2.20. The van der Waals surface area contributed by atoms with Crippen LogP contribution in [0.3, 0.4) is 0 Å². The Labute approximate surface area is 124 Å². The van der Waals surface area contributed by atoms with Gasteiger partial charge in [0.15, 0.2) is 0 Å². The van der Waals surface area contributed by atoms with Gasteiger partial charge in [0.05, 0.1) is 17.6 Å². The van der Waals surface area contributed by atoms with E-state index in [1.165, 1.54) is 0 Å². The molecule has 2 aliphatic heterocycles. The maximum Gasteiger partial charge on any atom is 0.228 e. The molecule has 110 valence electrons. The van der Waals surface area contributed by atoms with Crippen LogP contribution in [0.5, 0.6) is 0 Å². The third-order valence-corrected chi connectivity index (χ3v) is 5.34. The van der Waals surface area contributed by atoms with E-state index in [0.717, 1.165) is 51.3 Å². The quantitative estimate of drug-likeness (QED) is 0.867. The second-order valence-corrected chi connectivity index (χ2v) is 6.59. The highest BCUT2D eigenvalue weighted by atomic mass is 32.1. The number of hydrogen-bond acceptors (Lipinski definition) is 5. The Hall–Kier alpha value is -0.980. The monoisotopic (exact) mass is 294 g/mol. The average Bonchev–Trinajstić information content (AvgIpc) is 2.96.